The van der Waals surface area contributed by atoms with Gasteiger partial charge in [-0.2, -0.15) is 11.8 Å². The second kappa shape index (κ2) is 19.6. The van der Waals surface area contributed by atoms with Crippen LogP contribution in [0.2, 0.25) is 0 Å². The number of azide groups is 1. The number of benzene rings is 1. The number of thioether (sulfide) groups is 1. The van der Waals surface area contributed by atoms with E-state index in [0.717, 1.165) is 31.1 Å². The van der Waals surface area contributed by atoms with Crippen LogP contribution < -0.4 is 21.3 Å². The van der Waals surface area contributed by atoms with Crippen molar-refractivity contribution >= 4 is 41.0 Å². The van der Waals surface area contributed by atoms with Crippen molar-refractivity contribution in [2.75, 3.05) is 58.5 Å². The number of ether oxygens (including phenoxy) is 3. The van der Waals surface area contributed by atoms with E-state index >= 15 is 0 Å². The molecule has 2 heterocycles. The number of amides is 4. The molecule has 2 aliphatic rings. The molecule has 2 fully saturated rings. The first-order valence-electron chi connectivity index (χ1n) is 14.7. The van der Waals surface area contributed by atoms with E-state index in [0.29, 0.717) is 70.7 Å². The highest BCUT2D eigenvalue weighted by Gasteiger charge is 2.42. The van der Waals surface area contributed by atoms with Gasteiger partial charge in [-0.05, 0) is 43.3 Å². The second-order valence-electron chi connectivity index (χ2n) is 10.2. The number of nitrogens with zero attached hydrogens (tertiary/aromatic N) is 4. The first-order chi connectivity index (χ1) is 21.4. The summed E-state index contributed by atoms with van der Waals surface area (Å²) < 4.78 is 16.4. The molecule has 0 radical (unpaired) electrons. The molecular formula is C27H40N8O8S. The summed E-state index contributed by atoms with van der Waals surface area (Å²) in [7, 11) is 0. The number of fused-ring (bicyclic) bond motifs is 1. The Labute approximate surface area is 259 Å². The van der Waals surface area contributed by atoms with E-state index in [9.17, 15) is 24.5 Å². The molecule has 3 atom stereocenters. The van der Waals surface area contributed by atoms with Crippen molar-refractivity contribution in [2.24, 2.45) is 5.11 Å². The number of carbonyl (C=O) groups excluding carboxylic acids is 3. The number of nitro benzene ring substituents is 1. The average Bonchev–Trinajstić information content (AvgIpc) is 3.56. The van der Waals surface area contributed by atoms with Gasteiger partial charge in [-0.3, -0.25) is 19.7 Å². The number of hydrogen-bond donors (Lipinski definition) is 4. The third-order valence-electron chi connectivity index (χ3n) is 6.94. The summed E-state index contributed by atoms with van der Waals surface area (Å²) in [6.45, 7) is 3.30. The fraction of sp³-hybridized carbons (Fsp3) is 0.667. The number of rotatable bonds is 22. The maximum absolute atomic E-state index is 12.3. The van der Waals surface area contributed by atoms with Gasteiger partial charge >= 0.3 is 6.03 Å². The number of hydrogen-bond acceptors (Lipinski definition) is 10. The molecule has 0 bridgehead atoms. The topological polar surface area (TPSA) is 219 Å². The monoisotopic (exact) mass is 636 g/mol. The molecular weight excluding hydrogens is 596 g/mol. The molecule has 3 rings (SSSR count). The Hall–Kier alpha value is -3.63. The molecule has 1 aromatic carbocycles. The Morgan fingerprint density at radius 1 is 1.02 bits per heavy atom. The van der Waals surface area contributed by atoms with Gasteiger partial charge in [0, 0.05) is 60.4 Å². The van der Waals surface area contributed by atoms with Gasteiger partial charge in [0.1, 0.15) is 5.56 Å². The van der Waals surface area contributed by atoms with Crippen molar-refractivity contribution in [3.63, 3.8) is 0 Å². The number of unbranched alkanes of at least 4 members (excludes halogenated alkanes) is 1. The Balaban J connectivity index is 1.07. The molecule has 44 heavy (non-hydrogen) atoms. The van der Waals surface area contributed by atoms with E-state index in [1.807, 2.05) is 11.8 Å². The number of nitro groups is 1. The van der Waals surface area contributed by atoms with Crippen LogP contribution in [0.4, 0.5) is 16.2 Å². The molecule has 16 nitrogen and oxygen atoms in total. The van der Waals surface area contributed by atoms with Crippen molar-refractivity contribution in [2.45, 2.75) is 55.9 Å². The minimum absolute atomic E-state index is 0.0458. The second-order valence-corrected chi connectivity index (χ2v) is 11.4. The van der Waals surface area contributed by atoms with Crippen LogP contribution in [0.5, 0.6) is 0 Å². The average molecular weight is 637 g/mol. The van der Waals surface area contributed by atoms with E-state index in [1.165, 1.54) is 12.1 Å². The Morgan fingerprint density at radius 2 is 1.70 bits per heavy atom. The van der Waals surface area contributed by atoms with E-state index in [1.54, 1.807) is 0 Å². The van der Waals surface area contributed by atoms with E-state index in [4.69, 9.17) is 19.7 Å². The molecule has 0 saturated carbocycles. The van der Waals surface area contributed by atoms with Crippen molar-refractivity contribution in [1.29, 1.82) is 0 Å². The number of urea groups is 1. The lowest BCUT2D eigenvalue weighted by molar-refractivity contribution is -0.385. The van der Waals surface area contributed by atoms with Crippen molar-refractivity contribution in [3.8, 4) is 0 Å². The Kier molecular flexibility index (Phi) is 15.5. The van der Waals surface area contributed by atoms with Gasteiger partial charge in [0.05, 0.1) is 43.4 Å². The van der Waals surface area contributed by atoms with Gasteiger partial charge in [0.15, 0.2) is 0 Å². The maximum atomic E-state index is 12.3. The van der Waals surface area contributed by atoms with Crippen LogP contribution in [0.1, 0.15) is 48.9 Å². The van der Waals surface area contributed by atoms with Crippen LogP contribution in [0.15, 0.2) is 23.3 Å². The van der Waals surface area contributed by atoms with Gasteiger partial charge in [-0.15, -0.1) is 0 Å². The summed E-state index contributed by atoms with van der Waals surface area (Å²) in [5.74, 6) is 0.354. The fourth-order valence-electron chi connectivity index (χ4n) is 4.76. The third-order valence-corrected chi connectivity index (χ3v) is 8.45. The summed E-state index contributed by atoms with van der Waals surface area (Å²) >= 11 is 1.89. The minimum Gasteiger partial charge on any atom is -0.379 e. The van der Waals surface area contributed by atoms with Crippen molar-refractivity contribution in [1.82, 2.24) is 21.3 Å². The van der Waals surface area contributed by atoms with Gasteiger partial charge in [0.2, 0.25) is 5.91 Å². The summed E-state index contributed by atoms with van der Waals surface area (Å²) in [5.41, 5.74) is 8.08. The lowest BCUT2D eigenvalue weighted by atomic mass is 10.0. The van der Waals surface area contributed by atoms with Crippen LogP contribution >= 0.6 is 11.8 Å². The zero-order valence-electron chi connectivity index (χ0n) is 24.5. The van der Waals surface area contributed by atoms with Crippen LogP contribution in [-0.4, -0.2) is 98.6 Å². The first kappa shape index (κ1) is 34.9. The Bertz CT molecular complexity index is 1170. The molecule has 4 amide bonds. The van der Waals surface area contributed by atoms with Crippen LogP contribution in [-0.2, 0) is 19.0 Å². The lowest BCUT2D eigenvalue weighted by Gasteiger charge is -2.16. The molecule has 0 aliphatic carbocycles. The largest absolute Gasteiger partial charge is 0.379 e. The molecule has 4 N–H and O–H groups in total. The number of carbonyl (C=O) groups is 3. The van der Waals surface area contributed by atoms with Gasteiger partial charge < -0.3 is 35.5 Å². The zero-order valence-corrected chi connectivity index (χ0v) is 25.4. The molecule has 1 aromatic rings. The van der Waals surface area contributed by atoms with Crippen LogP contribution in [0.3, 0.4) is 0 Å². The summed E-state index contributed by atoms with van der Waals surface area (Å²) in [4.78, 5) is 48.9. The lowest BCUT2D eigenvalue weighted by Crippen LogP contribution is -2.36. The predicted octanol–water partition coefficient (Wildman–Crippen LogP) is 2.94. The van der Waals surface area contributed by atoms with Gasteiger partial charge in [0.25, 0.3) is 11.6 Å². The summed E-state index contributed by atoms with van der Waals surface area (Å²) in [5, 5.41) is 26.4. The Morgan fingerprint density at radius 3 is 2.39 bits per heavy atom. The SMILES string of the molecule is [N-]=[N+]=Nc1ccc([N+](=O)[O-])c(C(=O)NCCCOCCOCCOCCCNC(=O)CCCCC2SCC3NC(=O)NC32)c1. The predicted molar refractivity (Wildman–Crippen MR) is 163 cm³/mol. The molecule has 0 aromatic heterocycles. The summed E-state index contributed by atoms with van der Waals surface area (Å²) in [6.07, 6.45) is 4.50. The van der Waals surface area contributed by atoms with E-state index in [2.05, 4.69) is 31.3 Å². The molecule has 17 heteroatoms. The quantitative estimate of drug-likeness (QED) is 0.0279. The zero-order chi connectivity index (χ0) is 31.6. The van der Waals surface area contributed by atoms with Crippen LogP contribution in [0.25, 0.3) is 10.4 Å². The number of nitrogens with one attached hydrogen (secondary N) is 4. The summed E-state index contributed by atoms with van der Waals surface area (Å²) in [6, 6.07) is 3.94. The normalized spacial score (nSPS) is 18.5. The van der Waals surface area contributed by atoms with E-state index < -0.39 is 10.8 Å². The molecule has 242 valence electrons. The third kappa shape index (κ3) is 12.2. The van der Waals surface area contributed by atoms with Crippen molar-refractivity contribution in [3.05, 3.63) is 44.3 Å². The molecule has 3 unspecified atom stereocenters. The highest BCUT2D eigenvalue weighted by atomic mass is 32.2. The van der Waals surface area contributed by atoms with Gasteiger partial charge in [-0.1, -0.05) is 11.5 Å². The highest BCUT2D eigenvalue weighted by molar-refractivity contribution is 8.00. The van der Waals surface area contributed by atoms with E-state index in [-0.39, 0.29) is 47.5 Å². The smallest absolute Gasteiger partial charge is 0.315 e. The maximum Gasteiger partial charge on any atom is 0.315 e. The van der Waals surface area contributed by atoms with Gasteiger partial charge in [-0.25, -0.2) is 4.79 Å². The van der Waals surface area contributed by atoms with Crippen molar-refractivity contribution < 1.29 is 33.5 Å². The fourth-order valence-corrected chi connectivity index (χ4v) is 6.30. The highest BCUT2D eigenvalue weighted by Crippen LogP contribution is 2.33. The molecule has 2 saturated heterocycles. The first-order valence-corrected chi connectivity index (χ1v) is 15.7. The minimum atomic E-state index is -0.671. The molecule has 2 aliphatic heterocycles. The standard InChI is InChI=1S/C27H40N8O8S/c28-34-33-19-7-8-22(35(39)40)20(17-19)26(37)30-10-4-12-42-14-16-43-15-13-41-11-3-9-29-24(36)6-2-1-5-23-25-21(18-44-23)31-27(38)32-25/h7-8,17,21,23,25H,1-6,9-16,18H2,(H,29,36)(H,30,37)(H2,31,32,38). The molecule has 0 spiro atoms. The van der Waals surface area contributed by atoms with Crippen LogP contribution in [0, 0.1) is 10.1 Å².